The number of hydrogen-bond acceptors (Lipinski definition) is 5. The molecule has 0 aliphatic rings. The molecule has 7 nitrogen and oxygen atoms in total. The number of thiophene rings is 1. The van der Waals surface area contributed by atoms with Crippen molar-refractivity contribution >= 4 is 27.3 Å². The van der Waals surface area contributed by atoms with Gasteiger partial charge in [0.25, 0.3) is 0 Å². The Kier molecular flexibility index (Phi) is 6.80. The zero-order valence-corrected chi connectivity index (χ0v) is 15.8. The molecule has 0 unspecified atom stereocenters. The summed E-state index contributed by atoms with van der Waals surface area (Å²) in [6, 6.07) is 11.0. The Morgan fingerprint density at radius 2 is 1.92 bits per heavy atom. The molecule has 0 atom stereocenters. The number of rotatable bonds is 7. The third kappa shape index (κ3) is 5.73. The molecule has 2 rings (SSSR count). The molecule has 0 bridgehead atoms. The number of para-hydroxylation sites is 1. The maximum atomic E-state index is 11.3. The lowest BCUT2D eigenvalue weighted by atomic mass is 10.2. The zero-order chi connectivity index (χ0) is 18.3. The number of nitrogens with zero attached hydrogens (tertiary/aromatic N) is 1. The summed E-state index contributed by atoms with van der Waals surface area (Å²) in [4.78, 5) is 5.01. The normalized spacial score (nSPS) is 12.0. The summed E-state index contributed by atoms with van der Waals surface area (Å²) in [7, 11) is -1.98. The molecule has 0 radical (unpaired) electrons. The molecule has 1 heterocycles. The van der Waals surface area contributed by atoms with Gasteiger partial charge in [0.2, 0.25) is 10.0 Å². The summed E-state index contributed by atoms with van der Waals surface area (Å²) < 4.78 is 28.4. The first-order valence-electron chi connectivity index (χ1n) is 7.70. The van der Waals surface area contributed by atoms with Gasteiger partial charge in [0.15, 0.2) is 5.96 Å². The molecule has 25 heavy (non-hydrogen) atoms. The van der Waals surface area contributed by atoms with Crippen molar-refractivity contribution in [2.24, 2.45) is 10.1 Å². The first kappa shape index (κ1) is 19.2. The van der Waals surface area contributed by atoms with Crippen LogP contribution in [0.5, 0.6) is 5.75 Å². The molecule has 1 aromatic carbocycles. The van der Waals surface area contributed by atoms with Gasteiger partial charge in [-0.25, -0.2) is 13.6 Å². The molecule has 0 saturated carbocycles. The second-order valence-electron chi connectivity index (χ2n) is 5.09. The predicted molar refractivity (Wildman–Crippen MR) is 100 cm³/mol. The van der Waals surface area contributed by atoms with E-state index in [2.05, 4.69) is 15.6 Å². The molecule has 0 aliphatic carbocycles. The molecular formula is C16H22N4O3S2. The minimum Gasteiger partial charge on any atom is -0.494 e. The maximum Gasteiger partial charge on any atom is 0.247 e. The van der Waals surface area contributed by atoms with Crippen molar-refractivity contribution in [3.63, 3.8) is 0 Å². The van der Waals surface area contributed by atoms with Crippen LogP contribution in [0.1, 0.15) is 17.4 Å². The van der Waals surface area contributed by atoms with E-state index >= 15 is 0 Å². The van der Waals surface area contributed by atoms with Crippen LogP contribution in [-0.4, -0.2) is 28.0 Å². The molecule has 0 saturated heterocycles. The molecule has 2 aromatic rings. The maximum absolute atomic E-state index is 11.3. The number of nitrogens with one attached hydrogen (secondary N) is 2. The Morgan fingerprint density at radius 3 is 2.56 bits per heavy atom. The van der Waals surface area contributed by atoms with Crippen LogP contribution in [-0.2, 0) is 23.1 Å². The first-order chi connectivity index (χ1) is 11.9. The van der Waals surface area contributed by atoms with Gasteiger partial charge in [-0.3, -0.25) is 4.99 Å². The summed E-state index contributed by atoms with van der Waals surface area (Å²) >= 11 is 1.14. The second kappa shape index (κ2) is 8.84. The molecule has 4 N–H and O–H groups in total. The number of ether oxygens (including phenoxy) is 1. The summed E-state index contributed by atoms with van der Waals surface area (Å²) in [6.45, 7) is 3.56. The molecule has 0 fully saturated rings. The van der Waals surface area contributed by atoms with Crippen LogP contribution in [0.25, 0.3) is 0 Å². The van der Waals surface area contributed by atoms with Crippen molar-refractivity contribution in [2.75, 3.05) is 13.7 Å². The van der Waals surface area contributed by atoms with Crippen molar-refractivity contribution < 1.29 is 13.2 Å². The third-order valence-corrected chi connectivity index (χ3v) is 5.81. The lowest BCUT2D eigenvalue weighted by Gasteiger charge is -2.14. The van der Waals surface area contributed by atoms with Gasteiger partial charge >= 0.3 is 0 Å². The van der Waals surface area contributed by atoms with Crippen LogP contribution in [0, 0.1) is 0 Å². The average molecular weight is 383 g/mol. The van der Waals surface area contributed by atoms with E-state index in [4.69, 9.17) is 9.88 Å². The molecular weight excluding hydrogens is 360 g/mol. The highest BCUT2D eigenvalue weighted by atomic mass is 32.2. The van der Waals surface area contributed by atoms with Gasteiger partial charge in [-0.2, -0.15) is 0 Å². The lowest BCUT2D eigenvalue weighted by molar-refractivity contribution is 0.336. The van der Waals surface area contributed by atoms with Gasteiger partial charge in [0.1, 0.15) is 9.96 Å². The van der Waals surface area contributed by atoms with E-state index < -0.39 is 10.0 Å². The van der Waals surface area contributed by atoms with Gasteiger partial charge in [-0.05, 0) is 25.1 Å². The number of sulfonamides is 1. The predicted octanol–water partition coefficient (Wildman–Crippen LogP) is 1.66. The van der Waals surface area contributed by atoms with E-state index in [1.165, 1.54) is 6.07 Å². The number of hydrogen-bond donors (Lipinski definition) is 3. The Bertz CT molecular complexity index is 831. The number of primary sulfonamides is 1. The largest absolute Gasteiger partial charge is 0.494 e. The quantitative estimate of drug-likeness (QED) is 0.499. The molecule has 0 amide bonds. The minimum atomic E-state index is -3.65. The standard InChI is InChI=1S/C16H22N4O3S2/c1-3-23-14-7-5-4-6-12(14)10-19-16(18-2)20-11-13-8-9-15(24-13)25(17,21)22/h4-9H,3,10-11H2,1-2H3,(H2,17,21,22)(H2,18,19,20). The van der Waals surface area contributed by atoms with E-state index in [1.54, 1.807) is 13.1 Å². The molecule has 136 valence electrons. The molecule has 9 heteroatoms. The number of nitrogens with two attached hydrogens (primary N) is 1. The molecule has 0 spiro atoms. The summed E-state index contributed by atoms with van der Waals surface area (Å²) in [5.41, 5.74) is 1.03. The van der Waals surface area contributed by atoms with E-state index in [0.717, 1.165) is 27.5 Å². The van der Waals surface area contributed by atoms with Crippen LogP contribution in [0.3, 0.4) is 0 Å². The van der Waals surface area contributed by atoms with Gasteiger partial charge in [0.05, 0.1) is 13.2 Å². The monoisotopic (exact) mass is 382 g/mol. The highest BCUT2D eigenvalue weighted by Gasteiger charge is 2.11. The van der Waals surface area contributed by atoms with Crippen molar-refractivity contribution in [1.82, 2.24) is 10.6 Å². The van der Waals surface area contributed by atoms with Gasteiger partial charge < -0.3 is 15.4 Å². The van der Waals surface area contributed by atoms with Crippen LogP contribution in [0.4, 0.5) is 0 Å². The number of guanidine groups is 1. The Hall–Kier alpha value is -2.10. The first-order valence-corrected chi connectivity index (χ1v) is 10.1. The highest BCUT2D eigenvalue weighted by molar-refractivity contribution is 7.91. The van der Waals surface area contributed by atoms with Gasteiger partial charge in [-0.1, -0.05) is 18.2 Å². The van der Waals surface area contributed by atoms with Crippen molar-refractivity contribution in [1.29, 1.82) is 0 Å². The second-order valence-corrected chi connectivity index (χ2v) is 8.04. The lowest BCUT2D eigenvalue weighted by Crippen LogP contribution is -2.36. The van der Waals surface area contributed by atoms with E-state index in [-0.39, 0.29) is 4.21 Å². The van der Waals surface area contributed by atoms with Crippen LogP contribution < -0.4 is 20.5 Å². The minimum absolute atomic E-state index is 0.151. The summed E-state index contributed by atoms with van der Waals surface area (Å²) in [5, 5.41) is 11.5. The number of benzene rings is 1. The van der Waals surface area contributed by atoms with Gasteiger partial charge in [-0.15, -0.1) is 11.3 Å². The Morgan fingerprint density at radius 1 is 1.20 bits per heavy atom. The van der Waals surface area contributed by atoms with Crippen LogP contribution >= 0.6 is 11.3 Å². The van der Waals surface area contributed by atoms with Crippen LogP contribution in [0.2, 0.25) is 0 Å². The van der Waals surface area contributed by atoms with Crippen molar-refractivity contribution in [3.8, 4) is 5.75 Å². The smallest absolute Gasteiger partial charge is 0.247 e. The fourth-order valence-corrected chi connectivity index (χ4v) is 3.84. The Balaban J connectivity index is 1.92. The van der Waals surface area contributed by atoms with E-state index in [1.807, 2.05) is 31.2 Å². The topological polar surface area (TPSA) is 106 Å². The molecule has 1 aromatic heterocycles. The van der Waals surface area contributed by atoms with Gasteiger partial charge in [0, 0.05) is 24.0 Å². The van der Waals surface area contributed by atoms with Crippen molar-refractivity contribution in [3.05, 3.63) is 46.8 Å². The van der Waals surface area contributed by atoms with E-state index in [9.17, 15) is 8.42 Å². The fraction of sp³-hybridized carbons (Fsp3) is 0.312. The summed E-state index contributed by atoms with van der Waals surface area (Å²) in [6.07, 6.45) is 0. The summed E-state index contributed by atoms with van der Waals surface area (Å²) in [5.74, 6) is 1.45. The zero-order valence-electron chi connectivity index (χ0n) is 14.2. The van der Waals surface area contributed by atoms with Crippen molar-refractivity contribution in [2.45, 2.75) is 24.2 Å². The average Bonchev–Trinajstić information content (AvgIpc) is 3.06. The fourth-order valence-electron chi connectivity index (χ4n) is 2.12. The van der Waals surface area contributed by atoms with Crippen LogP contribution in [0.15, 0.2) is 45.6 Å². The Labute approximate surface area is 152 Å². The van der Waals surface area contributed by atoms with E-state index in [0.29, 0.717) is 25.7 Å². The number of aliphatic imine (C=N–C) groups is 1. The highest BCUT2D eigenvalue weighted by Crippen LogP contribution is 2.20. The SMILES string of the molecule is CCOc1ccccc1CNC(=NC)NCc1ccc(S(N)(=O)=O)s1. The third-order valence-electron chi connectivity index (χ3n) is 3.29. The molecule has 0 aliphatic heterocycles.